The van der Waals surface area contributed by atoms with E-state index in [1.165, 1.54) is 25.7 Å². The van der Waals surface area contributed by atoms with Gasteiger partial charge >= 0.3 is 0 Å². The van der Waals surface area contributed by atoms with Gasteiger partial charge in [-0.05, 0) is 6.42 Å². The molecule has 0 aromatic heterocycles. The summed E-state index contributed by atoms with van der Waals surface area (Å²) in [6, 6.07) is 0. The third-order valence-electron chi connectivity index (χ3n) is 1.91. The highest BCUT2D eigenvalue weighted by Gasteiger charge is 2.06. The standard InChI is InChI=1S/C9H18OS/c1-3-4-5-6-7-8(2)9(10)11/h8H,3-7H2,1-2H3,(H,10,11). The van der Waals surface area contributed by atoms with Crippen molar-refractivity contribution >= 4 is 17.7 Å². The van der Waals surface area contributed by atoms with Crippen molar-refractivity contribution < 1.29 is 4.79 Å². The van der Waals surface area contributed by atoms with Crippen LogP contribution in [0.15, 0.2) is 0 Å². The Morgan fingerprint density at radius 2 is 2.00 bits per heavy atom. The second-order valence-corrected chi connectivity index (χ2v) is 3.53. The number of unbranched alkanes of at least 4 members (excludes halogenated alkanes) is 3. The number of carbonyl (C=O) groups is 1. The molecule has 0 heterocycles. The molecule has 11 heavy (non-hydrogen) atoms. The van der Waals surface area contributed by atoms with Gasteiger partial charge in [0.05, 0.1) is 0 Å². The molecule has 66 valence electrons. The second-order valence-electron chi connectivity index (χ2n) is 3.09. The van der Waals surface area contributed by atoms with Crippen LogP contribution in [0.5, 0.6) is 0 Å². The Morgan fingerprint density at radius 3 is 2.45 bits per heavy atom. The number of rotatable bonds is 6. The Morgan fingerprint density at radius 1 is 1.36 bits per heavy atom. The zero-order chi connectivity index (χ0) is 8.69. The van der Waals surface area contributed by atoms with Crippen molar-refractivity contribution in [3.8, 4) is 0 Å². The monoisotopic (exact) mass is 174 g/mol. The van der Waals surface area contributed by atoms with Crippen LogP contribution in [0.4, 0.5) is 0 Å². The van der Waals surface area contributed by atoms with Crippen LogP contribution in [0.1, 0.15) is 46.0 Å². The molecule has 1 nitrogen and oxygen atoms in total. The average molecular weight is 174 g/mol. The second kappa shape index (κ2) is 6.71. The Hall–Kier alpha value is 0.0200. The summed E-state index contributed by atoms with van der Waals surface area (Å²) in [7, 11) is 0. The number of carbonyl (C=O) groups excluding carboxylic acids is 1. The third kappa shape index (κ3) is 6.42. The summed E-state index contributed by atoms with van der Waals surface area (Å²) in [4.78, 5) is 10.7. The van der Waals surface area contributed by atoms with Gasteiger partial charge < -0.3 is 0 Å². The molecule has 0 aliphatic carbocycles. The summed E-state index contributed by atoms with van der Waals surface area (Å²) in [5, 5.41) is 0.0292. The first-order valence-corrected chi connectivity index (χ1v) is 4.86. The lowest BCUT2D eigenvalue weighted by Gasteiger charge is -2.04. The van der Waals surface area contributed by atoms with E-state index in [1.54, 1.807) is 0 Å². The molecule has 0 saturated heterocycles. The molecule has 0 saturated carbocycles. The highest BCUT2D eigenvalue weighted by Crippen LogP contribution is 2.12. The minimum atomic E-state index is 0.0292. The van der Waals surface area contributed by atoms with Crippen molar-refractivity contribution in [2.75, 3.05) is 0 Å². The number of hydrogen-bond acceptors (Lipinski definition) is 1. The van der Waals surface area contributed by atoms with Crippen molar-refractivity contribution in [2.45, 2.75) is 46.0 Å². The van der Waals surface area contributed by atoms with E-state index in [0.29, 0.717) is 0 Å². The molecule has 0 aliphatic rings. The van der Waals surface area contributed by atoms with Gasteiger partial charge in [0.15, 0.2) is 5.12 Å². The lowest BCUT2D eigenvalue weighted by molar-refractivity contribution is -0.113. The first kappa shape index (κ1) is 11.0. The van der Waals surface area contributed by atoms with Gasteiger partial charge in [0.1, 0.15) is 0 Å². The van der Waals surface area contributed by atoms with Gasteiger partial charge in [-0.2, -0.15) is 0 Å². The SMILES string of the molecule is CCCCCCC(C)C(=O)S. The minimum Gasteiger partial charge on any atom is -0.287 e. The van der Waals surface area contributed by atoms with Gasteiger partial charge in [0.25, 0.3) is 0 Å². The van der Waals surface area contributed by atoms with Crippen LogP contribution < -0.4 is 0 Å². The zero-order valence-electron chi connectivity index (χ0n) is 7.47. The highest BCUT2D eigenvalue weighted by molar-refractivity contribution is 7.96. The van der Waals surface area contributed by atoms with E-state index >= 15 is 0 Å². The van der Waals surface area contributed by atoms with Crippen LogP contribution in [0.3, 0.4) is 0 Å². The molecule has 0 radical (unpaired) electrons. The lowest BCUT2D eigenvalue weighted by atomic mass is 10.0. The number of hydrogen-bond donors (Lipinski definition) is 1. The third-order valence-corrected chi connectivity index (χ3v) is 2.35. The van der Waals surface area contributed by atoms with Gasteiger partial charge in [-0.25, -0.2) is 0 Å². The summed E-state index contributed by atoms with van der Waals surface area (Å²) in [6.07, 6.45) is 5.96. The van der Waals surface area contributed by atoms with Crippen LogP contribution in [-0.4, -0.2) is 5.12 Å². The predicted molar refractivity (Wildman–Crippen MR) is 51.9 cm³/mol. The summed E-state index contributed by atoms with van der Waals surface area (Å²) in [5.41, 5.74) is 0. The molecular formula is C9H18OS. The molecule has 0 aromatic carbocycles. The largest absolute Gasteiger partial charge is 0.287 e. The van der Waals surface area contributed by atoms with Crippen molar-refractivity contribution in [2.24, 2.45) is 5.92 Å². The van der Waals surface area contributed by atoms with Gasteiger partial charge in [-0.3, -0.25) is 4.79 Å². The highest BCUT2D eigenvalue weighted by atomic mass is 32.1. The number of thiol groups is 1. The Kier molecular flexibility index (Phi) is 6.73. The smallest absolute Gasteiger partial charge is 0.188 e. The predicted octanol–water partition coefficient (Wildman–Crippen LogP) is 3.05. The zero-order valence-corrected chi connectivity index (χ0v) is 8.36. The maximum atomic E-state index is 10.7. The normalized spacial score (nSPS) is 13.0. The molecule has 0 fully saturated rings. The van der Waals surface area contributed by atoms with E-state index < -0.39 is 0 Å². The Balaban J connectivity index is 3.17. The molecule has 1 unspecified atom stereocenters. The summed E-state index contributed by atoms with van der Waals surface area (Å²) < 4.78 is 0. The first-order valence-electron chi connectivity index (χ1n) is 4.41. The van der Waals surface area contributed by atoms with Crippen molar-refractivity contribution in [3.05, 3.63) is 0 Å². The molecule has 0 amide bonds. The van der Waals surface area contributed by atoms with Crippen molar-refractivity contribution in [1.82, 2.24) is 0 Å². The maximum Gasteiger partial charge on any atom is 0.188 e. The van der Waals surface area contributed by atoms with Gasteiger partial charge in [0, 0.05) is 5.92 Å². The quantitative estimate of drug-likeness (QED) is 0.484. The summed E-state index contributed by atoms with van der Waals surface area (Å²) in [6.45, 7) is 4.13. The molecule has 2 heteroatoms. The van der Waals surface area contributed by atoms with Gasteiger partial charge in [-0.1, -0.05) is 39.5 Å². The topological polar surface area (TPSA) is 17.1 Å². The van der Waals surface area contributed by atoms with Crippen LogP contribution in [0.25, 0.3) is 0 Å². The van der Waals surface area contributed by atoms with Gasteiger partial charge in [0.2, 0.25) is 0 Å². The van der Waals surface area contributed by atoms with Crippen molar-refractivity contribution in [3.63, 3.8) is 0 Å². The molecule has 1 atom stereocenters. The fourth-order valence-electron chi connectivity index (χ4n) is 1.00. The summed E-state index contributed by atoms with van der Waals surface area (Å²) in [5.74, 6) is 0.148. The molecule has 0 spiro atoms. The fraction of sp³-hybridized carbons (Fsp3) is 0.889. The van der Waals surface area contributed by atoms with Crippen molar-refractivity contribution in [1.29, 1.82) is 0 Å². The molecule has 0 N–H and O–H groups in total. The molecule has 0 aromatic rings. The van der Waals surface area contributed by atoms with E-state index in [9.17, 15) is 4.79 Å². The van der Waals surface area contributed by atoms with E-state index in [0.717, 1.165) is 6.42 Å². The molecule has 0 aliphatic heterocycles. The van der Waals surface area contributed by atoms with Crippen LogP contribution in [0.2, 0.25) is 0 Å². The summed E-state index contributed by atoms with van der Waals surface area (Å²) >= 11 is 3.78. The van der Waals surface area contributed by atoms with E-state index in [1.807, 2.05) is 6.92 Å². The van der Waals surface area contributed by atoms with E-state index in [2.05, 4.69) is 19.6 Å². The van der Waals surface area contributed by atoms with Gasteiger partial charge in [-0.15, -0.1) is 12.6 Å². The molecule has 0 rings (SSSR count). The maximum absolute atomic E-state index is 10.7. The van der Waals surface area contributed by atoms with Crippen LogP contribution in [0, 0.1) is 5.92 Å². The first-order chi connectivity index (χ1) is 5.18. The van der Waals surface area contributed by atoms with E-state index in [4.69, 9.17) is 0 Å². The van der Waals surface area contributed by atoms with Crippen LogP contribution in [-0.2, 0) is 4.79 Å². The minimum absolute atomic E-state index is 0.0292. The Labute approximate surface area is 75.0 Å². The van der Waals surface area contributed by atoms with E-state index in [-0.39, 0.29) is 11.0 Å². The average Bonchev–Trinajstić information content (AvgIpc) is 1.97. The fourth-order valence-corrected chi connectivity index (χ4v) is 1.13. The van der Waals surface area contributed by atoms with Crippen LogP contribution >= 0.6 is 12.6 Å². The molecular weight excluding hydrogens is 156 g/mol. The molecule has 0 bridgehead atoms. The lowest BCUT2D eigenvalue weighted by Crippen LogP contribution is -2.02. The Bertz CT molecular complexity index is 112.